The van der Waals surface area contributed by atoms with E-state index >= 15 is 0 Å². The van der Waals surface area contributed by atoms with Gasteiger partial charge in [-0.25, -0.2) is 0 Å². The Balaban J connectivity index is 1.87. The van der Waals surface area contributed by atoms with Crippen molar-refractivity contribution in [2.45, 2.75) is 45.6 Å². The van der Waals surface area contributed by atoms with Gasteiger partial charge in [0.05, 0.1) is 24.7 Å². The molecule has 1 atom stereocenters. The summed E-state index contributed by atoms with van der Waals surface area (Å²) in [5.74, 6) is 1.60. The Hall–Kier alpha value is -1.29. The zero-order valence-electron chi connectivity index (χ0n) is 12.7. The summed E-state index contributed by atoms with van der Waals surface area (Å²) in [4.78, 5) is 6.60. The molecule has 1 aliphatic heterocycles. The Labute approximate surface area is 122 Å². The minimum atomic E-state index is 0.277. The molecule has 0 saturated carbocycles. The lowest BCUT2D eigenvalue weighted by Gasteiger charge is -2.32. The second-order valence-corrected chi connectivity index (χ2v) is 6.11. The number of hydrogen-bond donors (Lipinski definition) is 1. The molecular formula is C16H27N3O. The van der Waals surface area contributed by atoms with Crippen LogP contribution in [0.5, 0.6) is 5.75 Å². The quantitative estimate of drug-likeness (QED) is 0.812. The highest BCUT2D eigenvalue weighted by Gasteiger charge is 2.17. The Morgan fingerprint density at radius 3 is 3.05 bits per heavy atom. The molecule has 0 amide bonds. The predicted octanol–water partition coefficient (Wildman–Crippen LogP) is 2.82. The molecule has 0 aromatic carbocycles. The first-order chi connectivity index (χ1) is 9.65. The number of piperidine rings is 1. The highest BCUT2D eigenvalue weighted by Crippen LogP contribution is 2.23. The van der Waals surface area contributed by atoms with E-state index < -0.39 is 0 Å². The third-order valence-corrected chi connectivity index (χ3v) is 3.72. The standard InChI is InChI=1S/C16H27N3O/c1-13(2)5-4-8-20-16-9-15(10-18-11-16)19-7-3-6-14(17)12-19/h9-11,13-14H,3-8,12,17H2,1-2H3. The summed E-state index contributed by atoms with van der Waals surface area (Å²) in [5, 5.41) is 0. The fourth-order valence-electron chi connectivity index (χ4n) is 2.59. The van der Waals surface area contributed by atoms with Gasteiger partial charge in [-0.3, -0.25) is 4.98 Å². The average molecular weight is 277 g/mol. The van der Waals surface area contributed by atoms with Crippen LogP contribution in [0.3, 0.4) is 0 Å². The normalized spacial score (nSPS) is 19.4. The van der Waals surface area contributed by atoms with Crippen LogP contribution < -0.4 is 15.4 Å². The number of nitrogens with two attached hydrogens (primary N) is 1. The lowest BCUT2D eigenvalue weighted by Crippen LogP contribution is -2.42. The Bertz CT molecular complexity index is 408. The lowest BCUT2D eigenvalue weighted by atomic mass is 10.1. The monoisotopic (exact) mass is 277 g/mol. The van der Waals surface area contributed by atoms with Gasteiger partial charge in [0.15, 0.2) is 0 Å². The molecule has 2 N–H and O–H groups in total. The van der Waals surface area contributed by atoms with Gasteiger partial charge in [-0.1, -0.05) is 13.8 Å². The maximum atomic E-state index is 6.03. The number of rotatable bonds is 6. The molecule has 1 fully saturated rings. The lowest BCUT2D eigenvalue weighted by molar-refractivity contribution is 0.296. The van der Waals surface area contributed by atoms with E-state index in [4.69, 9.17) is 10.5 Å². The minimum Gasteiger partial charge on any atom is -0.492 e. The molecule has 1 aliphatic rings. The zero-order valence-corrected chi connectivity index (χ0v) is 12.7. The van der Waals surface area contributed by atoms with Crippen LogP contribution in [0.4, 0.5) is 5.69 Å². The molecule has 4 nitrogen and oxygen atoms in total. The maximum Gasteiger partial charge on any atom is 0.139 e. The number of anilines is 1. The van der Waals surface area contributed by atoms with Crippen LogP contribution in [0.15, 0.2) is 18.5 Å². The predicted molar refractivity (Wildman–Crippen MR) is 83.2 cm³/mol. The van der Waals surface area contributed by atoms with Gasteiger partial charge >= 0.3 is 0 Å². The number of hydrogen-bond acceptors (Lipinski definition) is 4. The first-order valence-corrected chi connectivity index (χ1v) is 7.73. The summed E-state index contributed by atoms with van der Waals surface area (Å²) in [6, 6.07) is 2.36. The molecule has 0 radical (unpaired) electrons. The number of ether oxygens (including phenoxy) is 1. The molecule has 1 unspecified atom stereocenters. The average Bonchev–Trinajstić information content (AvgIpc) is 2.44. The van der Waals surface area contributed by atoms with E-state index in [9.17, 15) is 0 Å². The maximum absolute atomic E-state index is 6.03. The van der Waals surface area contributed by atoms with Crippen molar-refractivity contribution in [2.75, 3.05) is 24.6 Å². The third-order valence-electron chi connectivity index (χ3n) is 3.72. The smallest absolute Gasteiger partial charge is 0.139 e. The van der Waals surface area contributed by atoms with E-state index in [2.05, 4.69) is 29.8 Å². The number of aromatic nitrogens is 1. The fraction of sp³-hybridized carbons (Fsp3) is 0.688. The summed E-state index contributed by atoms with van der Waals surface area (Å²) >= 11 is 0. The highest BCUT2D eigenvalue weighted by atomic mass is 16.5. The third kappa shape index (κ3) is 4.67. The van der Waals surface area contributed by atoms with Crippen molar-refractivity contribution in [3.63, 3.8) is 0 Å². The van der Waals surface area contributed by atoms with E-state index in [0.29, 0.717) is 0 Å². The molecule has 1 saturated heterocycles. The molecule has 20 heavy (non-hydrogen) atoms. The summed E-state index contributed by atoms with van der Waals surface area (Å²) < 4.78 is 5.79. The molecule has 1 aromatic rings. The van der Waals surface area contributed by atoms with Crippen LogP contribution in [-0.2, 0) is 0 Å². The van der Waals surface area contributed by atoms with Gasteiger partial charge < -0.3 is 15.4 Å². The fourth-order valence-corrected chi connectivity index (χ4v) is 2.59. The van der Waals surface area contributed by atoms with Crippen LogP contribution >= 0.6 is 0 Å². The van der Waals surface area contributed by atoms with Crippen molar-refractivity contribution in [3.8, 4) is 5.75 Å². The second-order valence-electron chi connectivity index (χ2n) is 6.11. The molecule has 0 bridgehead atoms. The number of pyridine rings is 1. The number of nitrogens with zero attached hydrogens (tertiary/aromatic N) is 2. The van der Waals surface area contributed by atoms with E-state index in [1.165, 1.54) is 6.42 Å². The summed E-state index contributed by atoms with van der Waals surface area (Å²) in [6.07, 6.45) is 8.27. The Morgan fingerprint density at radius 1 is 1.45 bits per heavy atom. The first-order valence-electron chi connectivity index (χ1n) is 7.73. The molecular weight excluding hydrogens is 250 g/mol. The van der Waals surface area contributed by atoms with E-state index in [-0.39, 0.29) is 6.04 Å². The topological polar surface area (TPSA) is 51.4 Å². The van der Waals surface area contributed by atoms with E-state index in [1.54, 1.807) is 6.20 Å². The van der Waals surface area contributed by atoms with Gasteiger partial charge in [0.1, 0.15) is 5.75 Å². The Morgan fingerprint density at radius 2 is 2.30 bits per heavy atom. The van der Waals surface area contributed by atoms with Crippen LogP contribution in [-0.4, -0.2) is 30.7 Å². The first kappa shape index (κ1) is 15.1. The largest absolute Gasteiger partial charge is 0.492 e. The molecule has 1 aromatic heterocycles. The molecule has 2 heterocycles. The van der Waals surface area contributed by atoms with Crippen molar-refractivity contribution in [2.24, 2.45) is 11.7 Å². The molecule has 4 heteroatoms. The van der Waals surface area contributed by atoms with Gasteiger partial charge in [0.25, 0.3) is 0 Å². The molecule has 0 aliphatic carbocycles. The van der Waals surface area contributed by atoms with Crippen LogP contribution in [0.25, 0.3) is 0 Å². The van der Waals surface area contributed by atoms with Gasteiger partial charge in [-0.15, -0.1) is 0 Å². The molecule has 112 valence electrons. The Kier molecular flexibility index (Phi) is 5.65. The molecule has 2 rings (SSSR count). The van der Waals surface area contributed by atoms with Crippen molar-refractivity contribution in [1.29, 1.82) is 0 Å². The SMILES string of the molecule is CC(C)CCCOc1cncc(N2CCCC(N)C2)c1. The van der Waals surface area contributed by atoms with Crippen molar-refractivity contribution in [3.05, 3.63) is 18.5 Å². The summed E-state index contributed by atoms with van der Waals surface area (Å²) in [6.45, 7) is 7.22. The van der Waals surface area contributed by atoms with Crippen molar-refractivity contribution < 1.29 is 4.74 Å². The van der Waals surface area contributed by atoms with E-state index in [1.807, 2.05) is 6.20 Å². The van der Waals surface area contributed by atoms with Crippen molar-refractivity contribution in [1.82, 2.24) is 4.98 Å². The van der Waals surface area contributed by atoms with Crippen molar-refractivity contribution >= 4 is 5.69 Å². The van der Waals surface area contributed by atoms with Gasteiger partial charge in [-0.05, 0) is 31.6 Å². The van der Waals surface area contributed by atoms with Crippen LogP contribution in [0.1, 0.15) is 39.5 Å². The van der Waals surface area contributed by atoms with Gasteiger partial charge in [0, 0.05) is 25.2 Å². The van der Waals surface area contributed by atoms with E-state index in [0.717, 1.165) is 56.3 Å². The zero-order chi connectivity index (χ0) is 14.4. The second kappa shape index (κ2) is 7.48. The van der Waals surface area contributed by atoms with Crippen LogP contribution in [0, 0.1) is 5.92 Å². The minimum absolute atomic E-state index is 0.277. The van der Waals surface area contributed by atoms with Crippen LogP contribution in [0.2, 0.25) is 0 Å². The van der Waals surface area contributed by atoms with Gasteiger partial charge in [-0.2, -0.15) is 0 Å². The summed E-state index contributed by atoms with van der Waals surface area (Å²) in [5.41, 5.74) is 7.16. The summed E-state index contributed by atoms with van der Waals surface area (Å²) in [7, 11) is 0. The van der Waals surface area contributed by atoms with Gasteiger partial charge in [0.2, 0.25) is 0 Å². The molecule has 0 spiro atoms. The highest BCUT2D eigenvalue weighted by molar-refractivity contribution is 5.48.